The number of carbonyl (C=O) groups excluding carboxylic acids is 1. The molecule has 4 rings (SSSR count). The highest BCUT2D eigenvalue weighted by Crippen LogP contribution is 2.38. The van der Waals surface area contributed by atoms with Gasteiger partial charge in [-0.15, -0.1) is 0 Å². The molecule has 3 heterocycles. The lowest BCUT2D eigenvalue weighted by molar-refractivity contribution is -0.134. The van der Waals surface area contributed by atoms with Crippen LogP contribution in [0.15, 0.2) is 28.8 Å². The van der Waals surface area contributed by atoms with Crippen molar-refractivity contribution in [1.82, 2.24) is 15.0 Å². The van der Waals surface area contributed by atoms with Gasteiger partial charge in [-0.2, -0.15) is 4.98 Å². The highest BCUT2D eigenvalue weighted by atomic mass is 16.5. The van der Waals surface area contributed by atoms with E-state index in [-0.39, 0.29) is 17.9 Å². The first-order valence-electron chi connectivity index (χ1n) is 8.12. The zero-order chi connectivity index (χ0) is 15.8. The predicted octanol–water partition coefficient (Wildman–Crippen LogP) is 2.47. The van der Waals surface area contributed by atoms with Crippen molar-refractivity contribution >= 4 is 5.91 Å². The topological polar surface area (TPSA) is 68.5 Å². The number of hydrogen-bond acceptors (Lipinski definition) is 5. The van der Waals surface area contributed by atoms with Gasteiger partial charge in [0.1, 0.15) is 18.3 Å². The molecule has 1 aromatic carbocycles. The summed E-state index contributed by atoms with van der Waals surface area (Å²) in [6.45, 7) is 3.12. The largest absolute Gasteiger partial charge is 0.492 e. The zero-order valence-electron chi connectivity index (χ0n) is 13.1. The molecule has 1 aromatic heterocycles. The van der Waals surface area contributed by atoms with E-state index in [4.69, 9.17) is 9.26 Å². The Hall–Kier alpha value is -2.37. The van der Waals surface area contributed by atoms with Gasteiger partial charge in [0.2, 0.25) is 11.8 Å². The van der Waals surface area contributed by atoms with Crippen LogP contribution >= 0.6 is 0 Å². The Morgan fingerprint density at radius 2 is 2.26 bits per heavy atom. The summed E-state index contributed by atoms with van der Waals surface area (Å²) in [4.78, 5) is 19.3. The average Bonchev–Trinajstić information content (AvgIpc) is 3.31. The van der Waals surface area contributed by atoms with Gasteiger partial charge in [0.15, 0.2) is 5.82 Å². The Balaban J connectivity index is 1.58. The van der Waals surface area contributed by atoms with E-state index in [2.05, 4.69) is 10.1 Å². The fourth-order valence-corrected chi connectivity index (χ4v) is 3.41. The summed E-state index contributed by atoms with van der Waals surface area (Å²) < 4.78 is 10.9. The lowest BCUT2D eigenvalue weighted by atomic mass is 9.99. The quantitative estimate of drug-likeness (QED) is 0.870. The maximum atomic E-state index is 13.0. The van der Waals surface area contributed by atoms with Gasteiger partial charge in [-0.25, -0.2) is 0 Å². The summed E-state index contributed by atoms with van der Waals surface area (Å²) >= 11 is 0. The molecule has 0 aliphatic carbocycles. The number of para-hydroxylation sites is 1. The molecule has 1 saturated heterocycles. The molecule has 0 spiro atoms. The smallest absolute Gasteiger partial charge is 0.234 e. The first-order chi connectivity index (χ1) is 11.3. The fraction of sp³-hybridized carbons (Fsp3) is 0.471. The van der Waals surface area contributed by atoms with Gasteiger partial charge in [0, 0.05) is 18.5 Å². The first kappa shape index (κ1) is 14.2. The van der Waals surface area contributed by atoms with Crippen molar-refractivity contribution in [2.45, 2.75) is 38.1 Å². The van der Waals surface area contributed by atoms with Crippen molar-refractivity contribution in [1.29, 1.82) is 0 Å². The van der Waals surface area contributed by atoms with E-state index in [0.29, 0.717) is 24.7 Å². The normalized spacial score (nSPS) is 22.9. The van der Waals surface area contributed by atoms with Gasteiger partial charge in [-0.1, -0.05) is 30.3 Å². The molecule has 0 radical (unpaired) electrons. The molecule has 0 bridgehead atoms. The second-order valence-electron chi connectivity index (χ2n) is 5.99. The van der Waals surface area contributed by atoms with Crippen molar-refractivity contribution in [2.24, 2.45) is 0 Å². The monoisotopic (exact) mass is 313 g/mol. The number of aryl methyl sites for hydroxylation is 1. The van der Waals surface area contributed by atoms with Crippen LogP contribution in [0.1, 0.15) is 49.0 Å². The van der Waals surface area contributed by atoms with E-state index in [0.717, 1.165) is 30.7 Å². The zero-order valence-corrected chi connectivity index (χ0v) is 13.1. The summed E-state index contributed by atoms with van der Waals surface area (Å²) in [7, 11) is 0. The van der Waals surface area contributed by atoms with Gasteiger partial charge < -0.3 is 14.2 Å². The lowest BCUT2D eigenvalue weighted by Crippen LogP contribution is -2.35. The van der Waals surface area contributed by atoms with E-state index in [1.54, 1.807) is 0 Å². The molecule has 2 aromatic rings. The summed E-state index contributed by atoms with van der Waals surface area (Å²) in [5, 5.41) is 4.06. The molecule has 6 heteroatoms. The van der Waals surface area contributed by atoms with Gasteiger partial charge >= 0.3 is 0 Å². The van der Waals surface area contributed by atoms with E-state index in [9.17, 15) is 4.79 Å². The van der Waals surface area contributed by atoms with E-state index in [1.807, 2.05) is 36.1 Å². The fourth-order valence-electron chi connectivity index (χ4n) is 3.41. The summed E-state index contributed by atoms with van der Waals surface area (Å²) in [6, 6.07) is 7.67. The first-order valence-corrected chi connectivity index (χ1v) is 8.12. The number of benzene rings is 1. The molecule has 0 unspecified atom stereocenters. The maximum absolute atomic E-state index is 13.0. The summed E-state index contributed by atoms with van der Waals surface area (Å²) in [6.07, 6.45) is 2.54. The van der Waals surface area contributed by atoms with Gasteiger partial charge in [0.25, 0.3) is 0 Å². The molecule has 2 atom stereocenters. The van der Waals surface area contributed by atoms with Crippen LogP contribution in [0.2, 0.25) is 0 Å². The van der Waals surface area contributed by atoms with Crippen molar-refractivity contribution in [3.05, 3.63) is 41.5 Å². The van der Waals surface area contributed by atoms with Crippen LogP contribution in [0.25, 0.3) is 0 Å². The minimum atomic E-state index is -0.232. The molecule has 0 N–H and O–H groups in total. The van der Waals surface area contributed by atoms with Crippen LogP contribution in [-0.2, 0) is 11.2 Å². The van der Waals surface area contributed by atoms with E-state index >= 15 is 0 Å². The Labute approximate surface area is 134 Å². The number of fused-ring (bicyclic) bond motifs is 1. The van der Waals surface area contributed by atoms with Gasteiger partial charge in [0.05, 0.1) is 6.04 Å². The number of likely N-dealkylation sites (tertiary alicyclic amines) is 1. The molecule has 1 amide bonds. The molecule has 6 nitrogen and oxygen atoms in total. The van der Waals surface area contributed by atoms with Gasteiger partial charge in [-0.05, 0) is 18.9 Å². The Kier molecular flexibility index (Phi) is 3.52. The standard InChI is InChI=1S/C17H19N3O3/c1-2-15-18-16(19-23-15)13-7-5-9-20(13)17(21)12-10-22-14-8-4-3-6-11(12)14/h3-4,6,8,12-13H,2,5,7,9-10H2,1H3/t12-,13+/m1/s1. The van der Waals surface area contributed by atoms with Crippen LogP contribution in [0.4, 0.5) is 0 Å². The minimum Gasteiger partial charge on any atom is -0.492 e. The van der Waals surface area contributed by atoms with E-state index in [1.165, 1.54) is 0 Å². The number of rotatable bonds is 3. The Morgan fingerprint density at radius 3 is 3.09 bits per heavy atom. The number of amides is 1. The molecule has 120 valence electrons. The van der Waals surface area contributed by atoms with Crippen molar-refractivity contribution in [3.8, 4) is 5.75 Å². The molecule has 1 fully saturated rings. The second-order valence-corrected chi connectivity index (χ2v) is 5.99. The third-order valence-electron chi connectivity index (χ3n) is 4.62. The van der Waals surface area contributed by atoms with Crippen LogP contribution < -0.4 is 4.74 Å². The second kappa shape index (κ2) is 5.68. The molecule has 0 saturated carbocycles. The van der Waals surface area contributed by atoms with E-state index < -0.39 is 0 Å². The SMILES string of the molecule is CCc1nc([C@@H]2CCCN2C(=O)[C@@H]2COc3ccccc32)no1. The summed E-state index contributed by atoms with van der Waals surface area (Å²) in [5.74, 6) is 1.92. The Morgan fingerprint density at radius 1 is 1.39 bits per heavy atom. The number of ether oxygens (including phenoxy) is 1. The van der Waals surface area contributed by atoms with Gasteiger partial charge in [-0.3, -0.25) is 4.79 Å². The van der Waals surface area contributed by atoms with Crippen molar-refractivity contribution in [2.75, 3.05) is 13.2 Å². The van der Waals surface area contributed by atoms with Crippen molar-refractivity contribution in [3.63, 3.8) is 0 Å². The summed E-state index contributed by atoms with van der Waals surface area (Å²) in [5.41, 5.74) is 0.977. The molecule has 2 aliphatic heterocycles. The predicted molar refractivity (Wildman–Crippen MR) is 82.0 cm³/mol. The highest BCUT2D eigenvalue weighted by molar-refractivity contribution is 5.86. The van der Waals surface area contributed by atoms with Crippen molar-refractivity contribution < 1.29 is 14.1 Å². The van der Waals surface area contributed by atoms with Crippen LogP contribution in [0.3, 0.4) is 0 Å². The average molecular weight is 313 g/mol. The number of carbonyl (C=O) groups is 1. The molecule has 23 heavy (non-hydrogen) atoms. The maximum Gasteiger partial charge on any atom is 0.234 e. The van der Waals surface area contributed by atoms with Crippen LogP contribution in [0.5, 0.6) is 5.75 Å². The highest BCUT2D eigenvalue weighted by Gasteiger charge is 2.39. The third-order valence-corrected chi connectivity index (χ3v) is 4.62. The Bertz CT molecular complexity index is 727. The minimum absolute atomic E-state index is 0.0840. The molecular formula is C17H19N3O3. The molecular weight excluding hydrogens is 294 g/mol. The third kappa shape index (κ3) is 2.38. The number of nitrogens with zero attached hydrogens (tertiary/aromatic N) is 3. The van der Waals surface area contributed by atoms with Crippen LogP contribution in [-0.4, -0.2) is 34.1 Å². The number of hydrogen-bond donors (Lipinski definition) is 0. The lowest BCUT2D eigenvalue weighted by Gasteiger charge is -2.25. The van der Waals surface area contributed by atoms with Crippen LogP contribution in [0, 0.1) is 0 Å². The number of aromatic nitrogens is 2. The molecule has 2 aliphatic rings.